The maximum Gasteiger partial charge on any atom is 0.178 e. The number of hydrogen-bond acceptors (Lipinski definition) is 10. The maximum absolute atomic E-state index is 9.47. The van der Waals surface area contributed by atoms with Gasteiger partial charge >= 0.3 is 0 Å². The first kappa shape index (κ1) is 14.9. The minimum atomic E-state index is -2.75. The number of nitrogens with two attached hydrogens (primary N) is 1. The summed E-state index contributed by atoms with van der Waals surface area (Å²) in [5, 5.41) is 9.47. The Morgan fingerprint density at radius 3 is 2.82 bits per heavy atom. The molecule has 0 radical (unpaired) electrons. The highest BCUT2D eigenvalue weighted by molar-refractivity contribution is 8.70. The van der Waals surface area contributed by atoms with Gasteiger partial charge in [0.2, 0.25) is 0 Å². The molecule has 2 aliphatic rings. The Kier molecular flexibility index (Phi) is 3.49. The molecule has 0 aromatic carbocycles. The molecule has 2 aromatic rings. The van der Waals surface area contributed by atoms with E-state index in [1.807, 2.05) is 0 Å². The van der Waals surface area contributed by atoms with Crippen molar-refractivity contribution < 1.29 is 18.9 Å². The van der Waals surface area contributed by atoms with E-state index < -0.39 is 30.7 Å². The molecule has 0 unspecified atom stereocenters. The van der Waals surface area contributed by atoms with E-state index in [0.29, 0.717) is 11.2 Å². The fourth-order valence-electron chi connectivity index (χ4n) is 2.70. The molecule has 0 amide bonds. The van der Waals surface area contributed by atoms with E-state index in [0.717, 1.165) is 0 Å². The zero-order chi connectivity index (χ0) is 15.5. The average molecular weight is 360 g/mol. The molecule has 0 aliphatic carbocycles. The van der Waals surface area contributed by atoms with Crippen LogP contribution < -0.4 is 5.73 Å². The Morgan fingerprint density at radius 2 is 2.05 bits per heavy atom. The van der Waals surface area contributed by atoms with E-state index in [1.54, 1.807) is 4.57 Å². The van der Waals surface area contributed by atoms with Gasteiger partial charge in [0.05, 0.1) is 12.9 Å². The van der Waals surface area contributed by atoms with Crippen LogP contribution in [0.5, 0.6) is 0 Å². The van der Waals surface area contributed by atoms with E-state index in [-0.39, 0.29) is 12.4 Å². The normalized spacial score (nSPS) is 33.4. The van der Waals surface area contributed by atoms with Crippen molar-refractivity contribution in [2.75, 3.05) is 12.3 Å². The third-order valence-corrected chi connectivity index (χ3v) is 5.66. The number of hydrogen-bond donors (Lipinski definition) is 2. The van der Waals surface area contributed by atoms with Gasteiger partial charge in [0.25, 0.3) is 0 Å². The van der Waals surface area contributed by atoms with E-state index >= 15 is 0 Å². The Morgan fingerprint density at radius 1 is 1.27 bits per heavy atom. The van der Waals surface area contributed by atoms with Crippen molar-refractivity contribution in [1.29, 1.82) is 0 Å². The molecule has 2 fully saturated rings. The summed E-state index contributed by atoms with van der Waals surface area (Å²) in [6.45, 7) is -0.227. The number of aliphatic hydroxyl groups is 1. The number of nitrogens with zero attached hydrogens (tertiary/aromatic N) is 4. The van der Waals surface area contributed by atoms with E-state index in [4.69, 9.17) is 44.0 Å². The smallest absolute Gasteiger partial charge is 0.178 e. The molecule has 9 nitrogen and oxygen atoms in total. The van der Waals surface area contributed by atoms with Gasteiger partial charge in [0.15, 0.2) is 29.9 Å². The van der Waals surface area contributed by atoms with Crippen LogP contribution in [0.2, 0.25) is 0 Å². The second-order valence-electron chi connectivity index (χ2n) is 4.92. The number of anilines is 1. The highest BCUT2D eigenvalue weighted by Crippen LogP contribution is 2.67. The molecule has 4 rings (SSSR count). The largest absolute Gasteiger partial charge is 0.515 e. The first-order valence-corrected chi connectivity index (χ1v) is 10.0. The summed E-state index contributed by atoms with van der Waals surface area (Å²) in [6, 6.07) is 0. The van der Waals surface area contributed by atoms with Crippen LogP contribution in [0, 0.1) is 0 Å². The molecule has 12 heteroatoms. The van der Waals surface area contributed by atoms with Gasteiger partial charge in [-0.2, -0.15) is 0 Å². The molecule has 4 heterocycles. The monoisotopic (exact) mass is 360 g/mol. The molecule has 0 spiro atoms. The first-order valence-electron chi connectivity index (χ1n) is 6.37. The number of aliphatic hydroxyl groups excluding tert-OH is 1. The fraction of sp³-hybridized carbons (Fsp3) is 0.500. The molecular formula is C10H11N5O4PS2-. The van der Waals surface area contributed by atoms with Crippen LogP contribution in [0.25, 0.3) is 11.2 Å². The number of aromatic nitrogens is 4. The van der Waals surface area contributed by atoms with Crippen molar-refractivity contribution in [3.05, 3.63) is 12.7 Å². The van der Waals surface area contributed by atoms with Gasteiger partial charge in [0, 0.05) is 6.12 Å². The summed E-state index contributed by atoms with van der Waals surface area (Å²) in [4.78, 5) is 12.3. The van der Waals surface area contributed by atoms with Crippen molar-refractivity contribution in [2.24, 2.45) is 0 Å². The van der Waals surface area contributed by atoms with Gasteiger partial charge in [-0.1, -0.05) is 0 Å². The lowest BCUT2D eigenvalue weighted by Gasteiger charge is -2.31. The van der Waals surface area contributed by atoms with Crippen molar-refractivity contribution in [1.82, 2.24) is 19.5 Å². The van der Waals surface area contributed by atoms with Crippen LogP contribution in [0.15, 0.2) is 12.7 Å². The van der Waals surface area contributed by atoms with E-state index in [9.17, 15) is 5.11 Å². The van der Waals surface area contributed by atoms with Gasteiger partial charge in [-0.3, -0.25) is 4.57 Å². The fourth-order valence-corrected chi connectivity index (χ4v) is 5.02. The third kappa shape index (κ3) is 2.20. The Hall–Kier alpha value is -0.680. The Labute approximate surface area is 136 Å². The summed E-state index contributed by atoms with van der Waals surface area (Å²) >= 11 is 10.3. The van der Waals surface area contributed by atoms with Gasteiger partial charge < -0.3 is 40.1 Å². The molecular weight excluding hydrogens is 349 g/mol. The number of nitrogen functional groups attached to an aromatic ring is 1. The second kappa shape index (κ2) is 5.17. The van der Waals surface area contributed by atoms with E-state index in [2.05, 4.69) is 15.0 Å². The van der Waals surface area contributed by atoms with Gasteiger partial charge in [0.1, 0.15) is 17.9 Å². The van der Waals surface area contributed by atoms with Crippen LogP contribution in [0.1, 0.15) is 6.23 Å². The highest BCUT2D eigenvalue weighted by atomic mass is 33.1. The number of imidazole rings is 1. The van der Waals surface area contributed by atoms with Crippen LogP contribution in [-0.2, 0) is 38.3 Å². The van der Waals surface area contributed by atoms with Crippen molar-refractivity contribution in [2.45, 2.75) is 24.5 Å². The zero-order valence-corrected chi connectivity index (χ0v) is 13.5. The van der Waals surface area contributed by atoms with Crippen molar-refractivity contribution in [3.63, 3.8) is 0 Å². The van der Waals surface area contributed by atoms with Crippen LogP contribution >= 0.6 is 6.12 Å². The minimum absolute atomic E-state index is 0.227. The maximum atomic E-state index is 9.47. The number of ether oxygens (including phenoxy) is 1. The topological polar surface area (TPSA) is 118 Å². The minimum Gasteiger partial charge on any atom is -0.515 e. The zero-order valence-electron chi connectivity index (χ0n) is 11.0. The lowest BCUT2D eigenvalue weighted by Crippen LogP contribution is -2.30. The van der Waals surface area contributed by atoms with Crippen molar-refractivity contribution >= 4 is 47.6 Å². The van der Waals surface area contributed by atoms with Crippen LogP contribution in [0.4, 0.5) is 5.82 Å². The molecule has 0 saturated carbocycles. The lowest BCUT2D eigenvalue weighted by atomic mass is 10.1. The molecule has 118 valence electrons. The molecule has 2 saturated heterocycles. The summed E-state index contributed by atoms with van der Waals surface area (Å²) < 4.78 is 18.7. The third-order valence-electron chi connectivity index (χ3n) is 3.63. The first-order chi connectivity index (χ1) is 10.5. The molecule has 0 bridgehead atoms. The molecule has 4 atom stereocenters. The summed E-state index contributed by atoms with van der Waals surface area (Å²) in [7, 11) is 0. The average Bonchev–Trinajstić information content (AvgIpc) is 3.10. The highest BCUT2D eigenvalue weighted by Gasteiger charge is 2.56. The molecule has 2 aliphatic heterocycles. The van der Waals surface area contributed by atoms with Crippen LogP contribution in [-0.4, -0.2) is 49.5 Å². The van der Waals surface area contributed by atoms with Crippen LogP contribution in [0.3, 0.4) is 0 Å². The SMILES string of the molecule is Nc1ncnc2c1ncn2[C@@H]1O[C@H](CO)[C@H]2O[P+]([S-])([S-])O[C@H]21. The van der Waals surface area contributed by atoms with Gasteiger partial charge in [-0.25, -0.2) is 24.0 Å². The predicted molar refractivity (Wildman–Crippen MR) is 82.1 cm³/mol. The second-order valence-corrected chi connectivity index (χ2v) is 9.81. The Balaban J connectivity index is 1.77. The summed E-state index contributed by atoms with van der Waals surface area (Å²) in [5.41, 5.74) is 6.75. The Bertz CT molecular complexity index is 730. The molecule has 3 N–H and O–H groups in total. The molecule has 22 heavy (non-hydrogen) atoms. The van der Waals surface area contributed by atoms with Gasteiger partial charge in [-0.15, -0.1) is 0 Å². The number of rotatable bonds is 2. The predicted octanol–water partition coefficient (Wildman–Crippen LogP) is -0.146. The van der Waals surface area contributed by atoms with Crippen molar-refractivity contribution in [3.8, 4) is 0 Å². The number of fused-ring (bicyclic) bond motifs is 2. The summed E-state index contributed by atoms with van der Waals surface area (Å²) in [5.74, 6) is 0.272. The standard InChI is InChI=1S/C10H12N5O4PS2/c11-8-5-9(13-2-12-8)15(3-14-5)10-7-6(4(1-16)17-10)18-20(21,22)19-7/h2-4,6-7,10,16H,1H2,(H,21,22)(H2,11,12,13)/p-1/t4-,6-,7-,10-/m1/s1. The molecule has 2 aromatic heterocycles. The van der Waals surface area contributed by atoms with E-state index in [1.165, 1.54) is 12.7 Å². The quantitative estimate of drug-likeness (QED) is 0.553. The lowest BCUT2D eigenvalue weighted by molar-refractivity contribution is -0.0528. The summed E-state index contributed by atoms with van der Waals surface area (Å²) in [6.07, 6.45) is -2.07. The van der Waals surface area contributed by atoms with Gasteiger partial charge in [-0.05, 0) is 0 Å².